The van der Waals surface area contributed by atoms with Gasteiger partial charge in [-0.1, -0.05) is 36.4 Å². The highest BCUT2D eigenvalue weighted by Gasteiger charge is 2.08. The normalized spacial score (nSPS) is 10.0. The van der Waals surface area contributed by atoms with Crippen LogP contribution in [-0.4, -0.2) is 22.3 Å². The van der Waals surface area contributed by atoms with Crippen molar-refractivity contribution in [2.24, 2.45) is 0 Å². The predicted octanol–water partition coefficient (Wildman–Crippen LogP) is 3.11. The van der Waals surface area contributed by atoms with E-state index in [9.17, 15) is 4.79 Å². The average molecular weight is 242 g/mol. The molecule has 0 aliphatic heterocycles. The Morgan fingerprint density at radius 2 is 2.17 bits per heavy atom. The van der Waals surface area contributed by atoms with Gasteiger partial charge >= 0.3 is 6.09 Å². The standard InChI is InChI=1S/C14H14N2O2/c1-2-3-9-18-14(17)16-10-13(15-11-16)12-7-5-4-6-8-12/h2,4-8,10-11H,1,3,9H2. The van der Waals surface area contributed by atoms with E-state index in [1.165, 1.54) is 10.9 Å². The Balaban J connectivity index is 2.06. The summed E-state index contributed by atoms with van der Waals surface area (Å²) in [5.41, 5.74) is 1.71. The minimum atomic E-state index is -0.425. The van der Waals surface area contributed by atoms with Crippen molar-refractivity contribution in [1.29, 1.82) is 0 Å². The van der Waals surface area contributed by atoms with Crippen LogP contribution in [0, 0.1) is 0 Å². The summed E-state index contributed by atoms with van der Waals surface area (Å²) < 4.78 is 6.37. The van der Waals surface area contributed by atoms with E-state index in [1.54, 1.807) is 12.3 Å². The molecule has 4 heteroatoms. The van der Waals surface area contributed by atoms with Crippen LogP contribution < -0.4 is 0 Å². The quantitative estimate of drug-likeness (QED) is 0.611. The fourth-order valence-corrected chi connectivity index (χ4v) is 1.48. The molecule has 0 spiro atoms. The van der Waals surface area contributed by atoms with E-state index in [-0.39, 0.29) is 0 Å². The molecule has 0 radical (unpaired) electrons. The van der Waals surface area contributed by atoms with Crippen LogP contribution in [0.15, 0.2) is 55.5 Å². The fraction of sp³-hybridized carbons (Fsp3) is 0.143. The van der Waals surface area contributed by atoms with E-state index in [0.29, 0.717) is 13.0 Å². The maximum Gasteiger partial charge on any atom is 0.419 e. The Morgan fingerprint density at radius 1 is 1.39 bits per heavy atom. The largest absolute Gasteiger partial charge is 0.449 e. The molecule has 0 atom stereocenters. The Bertz CT molecular complexity index is 532. The van der Waals surface area contributed by atoms with Crippen molar-refractivity contribution < 1.29 is 9.53 Å². The van der Waals surface area contributed by atoms with Crippen LogP contribution in [-0.2, 0) is 4.74 Å². The van der Waals surface area contributed by atoms with Crippen LogP contribution >= 0.6 is 0 Å². The zero-order valence-corrected chi connectivity index (χ0v) is 9.95. The number of carbonyl (C=O) groups excluding carboxylic acids is 1. The van der Waals surface area contributed by atoms with Gasteiger partial charge in [-0.05, 0) is 6.42 Å². The first kappa shape index (κ1) is 12.1. The molecule has 0 fully saturated rings. The molecular formula is C14H14N2O2. The summed E-state index contributed by atoms with van der Waals surface area (Å²) in [4.78, 5) is 15.8. The molecule has 0 aliphatic rings. The van der Waals surface area contributed by atoms with Gasteiger partial charge in [-0.15, -0.1) is 6.58 Å². The minimum Gasteiger partial charge on any atom is -0.449 e. The van der Waals surface area contributed by atoms with Gasteiger partial charge in [0.05, 0.1) is 12.3 Å². The maximum absolute atomic E-state index is 11.6. The average Bonchev–Trinajstić information content (AvgIpc) is 2.89. The Labute approximate surface area is 106 Å². The van der Waals surface area contributed by atoms with Crippen molar-refractivity contribution in [1.82, 2.24) is 9.55 Å². The van der Waals surface area contributed by atoms with Crippen molar-refractivity contribution in [2.75, 3.05) is 6.61 Å². The summed E-state index contributed by atoms with van der Waals surface area (Å²) >= 11 is 0. The fourth-order valence-electron chi connectivity index (χ4n) is 1.48. The number of nitrogens with zero attached hydrogens (tertiary/aromatic N) is 2. The molecule has 0 saturated heterocycles. The SMILES string of the molecule is C=CCCOC(=O)n1cnc(-c2ccccc2)c1. The molecule has 0 bridgehead atoms. The second kappa shape index (κ2) is 5.82. The highest BCUT2D eigenvalue weighted by molar-refractivity contribution is 5.72. The van der Waals surface area contributed by atoms with E-state index in [1.807, 2.05) is 30.3 Å². The summed E-state index contributed by atoms with van der Waals surface area (Å²) in [5.74, 6) is 0. The molecule has 1 heterocycles. The summed E-state index contributed by atoms with van der Waals surface area (Å²) in [5, 5.41) is 0. The third kappa shape index (κ3) is 2.85. The number of hydrogen-bond acceptors (Lipinski definition) is 3. The van der Waals surface area contributed by atoms with Gasteiger partial charge in [0.2, 0.25) is 0 Å². The highest BCUT2D eigenvalue weighted by Crippen LogP contribution is 2.15. The third-order valence-electron chi connectivity index (χ3n) is 2.41. The van der Waals surface area contributed by atoms with Crippen LogP contribution in [0.4, 0.5) is 4.79 Å². The van der Waals surface area contributed by atoms with Gasteiger partial charge in [0, 0.05) is 11.8 Å². The molecule has 2 rings (SSSR count). The molecule has 18 heavy (non-hydrogen) atoms. The lowest BCUT2D eigenvalue weighted by molar-refractivity contribution is 0.150. The molecule has 0 amide bonds. The summed E-state index contributed by atoms with van der Waals surface area (Å²) in [6, 6.07) is 9.67. The number of benzene rings is 1. The lowest BCUT2D eigenvalue weighted by Crippen LogP contribution is -2.12. The molecule has 92 valence electrons. The molecule has 0 N–H and O–H groups in total. The van der Waals surface area contributed by atoms with Gasteiger partial charge in [0.1, 0.15) is 6.33 Å². The second-order valence-corrected chi connectivity index (χ2v) is 3.72. The second-order valence-electron chi connectivity index (χ2n) is 3.72. The summed E-state index contributed by atoms with van der Waals surface area (Å²) in [6.07, 6.45) is 5.04. The van der Waals surface area contributed by atoms with Crippen molar-refractivity contribution in [3.63, 3.8) is 0 Å². The number of rotatable bonds is 4. The van der Waals surface area contributed by atoms with Crippen molar-refractivity contribution >= 4 is 6.09 Å². The first-order chi connectivity index (χ1) is 8.81. The predicted molar refractivity (Wildman–Crippen MR) is 69.2 cm³/mol. The molecule has 1 aromatic carbocycles. The minimum absolute atomic E-state index is 0.335. The number of ether oxygens (including phenoxy) is 1. The number of hydrogen-bond donors (Lipinski definition) is 0. The molecule has 0 aliphatic carbocycles. The Morgan fingerprint density at radius 3 is 2.89 bits per heavy atom. The lowest BCUT2D eigenvalue weighted by Gasteiger charge is -2.01. The molecule has 0 saturated carbocycles. The molecule has 0 unspecified atom stereocenters. The van der Waals surface area contributed by atoms with Gasteiger partial charge in [0.15, 0.2) is 0 Å². The van der Waals surface area contributed by atoms with Gasteiger partial charge in [-0.2, -0.15) is 0 Å². The monoisotopic (exact) mass is 242 g/mol. The van der Waals surface area contributed by atoms with Gasteiger partial charge in [-0.25, -0.2) is 14.3 Å². The van der Waals surface area contributed by atoms with Gasteiger partial charge in [-0.3, -0.25) is 0 Å². The number of aromatic nitrogens is 2. The van der Waals surface area contributed by atoms with E-state index >= 15 is 0 Å². The smallest absolute Gasteiger partial charge is 0.419 e. The van der Waals surface area contributed by atoms with E-state index in [4.69, 9.17) is 4.74 Å². The summed E-state index contributed by atoms with van der Waals surface area (Å²) in [6.45, 7) is 3.90. The van der Waals surface area contributed by atoms with E-state index in [0.717, 1.165) is 11.3 Å². The topological polar surface area (TPSA) is 44.1 Å². The van der Waals surface area contributed by atoms with Gasteiger partial charge < -0.3 is 4.74 Å². The van der Waals surface area contributed by atoms with Crippen molar-refractivity contribution in [2.45, 2.75) is 6.42 Å². The molecule has 4 nitrogen and oxygen atoms in total. The highest BCUT2D eigenvalue weighted by atomic mass is 16.5. The van der Waals surface area contributed by atoms with Crippen molar-refractivity contribution in [3.8, 4) is 11.3 Å². The maximum atomic E-state index is 11.6. The van der Waals surface area contributed by atoms with Crippen LogP contribution in [0.3, 0.4) is 0 Å². The lowest BCUT2D eigenvalue weighted by atomic mass is 10.2. The van der Waals surface area contributed by atoms with Crippen LogP contribution in [0.5, 0.6) is 0 Å². The molecule has 1 aromatic heterocycles. The zero-order valence-electron chi connectivity index (χ0n) is 9.95. The van der Waals surface area contributed by atoms with Crippen LogP contribution in [0.25, 0.3) is 11.3 Å². The van der Waals surface area contributed by atoms with Crippen LogP contribution in [0.2, 0.25) is 0 Å². The molecular weight excluding hydrogens is 228 g/mol. The van der Waals surface area contributed by atoms with Crippen LogP contribution in [0.1, 0.15) is 6.42 Å². The van der Waals surface area contributed by atoms with Gasteiger partial charge in [0.25, 0.3) is 0 Å². The summed E-state index contributed by atoms with van der Waals surface area (Å²) in [7, 11) is 0. The van der Waals surface area contributed by atoms with E-state index in [2.05, 4.69) is 11.6 Å². The van der Waals surface area contributed by atoms with Crippen molar-refractivity contribution in [3.05, 3.63) is 55.5 Å². The Hall–Kier alpha value is -2.36. The first-order valence-electron chi connectivity index (χ1n) is 5.68. The van der Waals surface area contributed by atoms with E-state index < -0.39 is 6.09 Å². The number of carbonyl (C=O) groups is 1. The number of imidazole rings is 1. The first-order valence-corrected chi connectivity index (χ1v) is 5.68. The third-order valence-corrected chi connectivity index (χ3v) is 2.41. The zero-order chi connectivity index (χ0) is 12.8. The molecule has 2 aromatic rings. The Kier molecular flexibility index (Phi) is 3.91.